The van der Waals surface area contributed by atoms with Gasteiger partial charge in [0.25, 0.3) is 5.91 Å². The number of carbonyl (C=O) groups is 1. The van der Waals surface area contributed by atoms with E-state index in [-0.39, 0.29) is 12.5 Å². The minimum atomic E-state index is -0.363. The molecule has 2 aliphatic rings. The number of piperidine rings is 2. The summed E-state index contributed by atoms with van der Waals surface area (Å²) in [4.78, 5) is 22.2. The third-order valence-corrected chi connectivity index (χ3v) is 10.2. The Balaban J connectivity index is 1.10. The van der Waals surface area contributed by atoms with Crippen molar-refractivity contribution in [1.82, 2.24) is 31.2 Å². The zero-order valence-corrected chi connectivity index (χ0v) is 30.2. The van der Waals surface area contributed by atoms with E-state index in [9.17, 15) is 4.79 Å². The van der Waals surface area contributed by atoms with Crippen molar-refractivity contribution in [2.24, 2.45) is 0 Å². The van der Waals surface area contributed by atoms with Gasteiger partial charge in [0.05, 0.1) is 27.9 Å². The molecule has 0 atom stereocenters. The third-order valence-electron chi connectivity index (χ3n) is 9.06. The summed E-state index contributed by atoms with van der Waals surface area (Å²) < 4.78 is 11.7. The fourth-order valence-electron chi connectivity index (χ4n) is 6.18. The first kappa shape index (κ1) is 36.3. The Kier molecular flexibility index (Phi) is 12.8. The maximum Gasteiger partial charge on any atom is 0.274 e. The van der Waals surface area contributed by atoms with Crippen molar-refractivity contribution in [2.75, 3.05) is 38.6 Å². The summed E-state index contributed by atoms with van der Waals surface area (Å²) in [6, 6.07) is 17.3. The van der Waals surface area contributed by atoms with E-state index in [1.54, 1.807) is 37.6 Å². The number of pyridine rings is 2. The summed E-state index contributed by atoms with van der Waals surface area (Å²) in [6.07, 6.45) is 6.08. The van der Waals surface area contributed by atoms with Crippen LogP contribution in [-0.2, 0) is 19.7 Å². The lowest BCUT2D eigenvalue weighted by Crippen LogP contribution is -2.39. The van der Waals surface area contributed by atoms with Crippen LogP contribution in [0.4, 0.5) is 5.69 Å². The molecule has 0 aliphatic carbocycles. The summed E-state index contributed by atoms with van der Waals surface area (Å²) in [6.45, 7) is 5.45. The maximum absolute atomic E-state index is 13.1. The van der Waals surface area contributed by atoms with Crippen LogP contribution in [0.2, 0.25) is 15.1 Å². The number of aromatic nitrogens is 2. The number of amides is 1. The summed E-state index contributed by atoms with van der Waals surface area (Å²) in [7, 11) is 1.59. The van der Waals surface area contributed by atoms with E-state index in [1.807, 2.05) is 30.3 Å². The van der Waals surface area contributed by atoms with Crippen molar-refractivity contribution < 1.29 is 14.3 Å². The van der Waals surface area contributed by atoms with E-state index in [2.05, 4.69) is 36.6 Å². The zero-order chi connectivity index (χ0) is 34.9. The molecule has 2 aromatic carbocycles. The summed E-state index contributed by atoms with van der Waals surface area (Å²) in [5.41, 5.74) is 4.44. The molecule has 13 heteroatoms. The molecule has 50 heavy (non-hydrogen) atoms. The van der Waals surface area contributed by atoms with Gasteiger partial charge in [0.2, 0.25) is 5.88 Å². The summed E-state index contributed by atoms with van der Waals surface area (Å²) >= 11 is 20.4. The predicted octanol–water partition coefficient (Wildman–Crippen LogP) is 6.63. The van der Waals surface area contributed by atoms with E-state index in [0.717, 1.165) is 63.0 Å². The van der Waals surface area contributed by atoms with E-state index >= 15 is 0 Å². The lowest BCUT2D eigenvalue weighted by molar-refractivity contribution is 0.102. The van der Waals surface area contributed by atoms with Crippen LogP contribution < -0.4 is 36.1 Å². The highest BCUT2D eigenvalue weighted by Gasteiger charge is 2.19. The molecule has 0 saturated carbocycles. The predicted molar refractivity (Wildman–Crippen MR) is 200 cm³/mol. The monoisotopic (exact) mass is 737 g/mol. The molecule has 0 spiro atoms. The molecule has 0 unspecified atom stereocenters. The van der Waals surface area contributed by atoms with Crippen molar-refractivity contribution >= 4 is 46.4 Å². The molecule has 2 fully saturated rings. The molecule has 2 saturated heterocycles. The highest BCUT2D eigenvalue weighted by molar-refractivity contribution is 6.39. The molecular formula is C37H42Cl3N7O3. The van der Waals surface area contributed by atoms with Gasteiger partial charge in [0, 0.05) is 48.1 Å². The quantitative estimate of drug-likeness (QED) is 0.103. The number of rotatable bonds is 13. The van der Waals surface area contributed by atoms with E-state index < -0.39 is 0 Å². The van der Waals surface area contributed by atoms with Crippen molar-refractivity contribution in [3.63, 3.8) is 0 Å². The maximum atomic E-state index is 13.1. The minimum Gasteiger partial charge on any atom is -0.486 e. The van der Waals surface area contributed by atoms with Gasteiger partial charge in [-0.05, 0) is 81.7 Å². The fraction of sp³-hybridized carbons (Fsp3) is 0.378. The second kappa shape index (κ2) is 17.6. The largest absolute Gasteiger partial charge is 0.486 e. The molecule has 4 heterocycles. The molecular weight excluding hydrogens is 697 g/mol. The molecule has 5 N–H and O–H groups in total. The number of nitrogens with one attached hydrogen (secondary N) is 5. The standard InChI is InChI=1S/C37H42Cl3N7O3/c1-49-37-24(21-44-26-12-16-42-17-13-26)18-29(38)32(47-37)22-50-33-7-3-5-28(35(33)40)27-4-2-6-30(34(27)39)46-36(48)31-9-8-23(20-45-31)19-43-25-10-14-41-15-11-25/h2-9,18,20,25-26,41-44H,10-17,19,21-22H2,1H3,(H,46,48). The number of ether oxygens (including phenoxy) is 2. The topological polar surface area (TPSA) is 121 Å². The third kappa shape index (κ3) is 9.24. The van der Waals surface area contributed by atoms with Crippen LogP contribution in [0.3, 0.4) is 0 Å². The highest BCUT2D eigenvalue weighted by atomic mass is 35.5. The van der Waals surface area contributed by atoms with Gasteiger partial charge in [-0.1, -0.05) is 65.1 Å². The highest BCUT2D eigenvalue weighted by Crippen LogP contribution is 2.41. The van der Waals surface area contributed by atoms with Gasteiger partial charge in [-0.3, -0.25) is 9.78 Å². The van der Waals surface area contributed by atoms with Crippen LogP contribution in [0.5, 0.6) is 11.6 Å². The molecule has 0 radical (unpaired) electrons. The van der Waals surface area contributed by atoms with Gasteiger partial charge in [-0.2, -0.15) is 0 Å². The number of nitrogens with zero attached hydrogens (tertiary/aromatic N) is 2. The Morgan fingerprint density at radius 3 is 2.18 bits per heavy atom. The molecule has 0 bridgehead atoms. The summed E-state index contributed by atoms with van der Waals surface area (Å²) in [5.74, 6) is 0.566. The molecule has 264 valence electrons. The second-order valence-corrected chi connectivity index (χ2v) is 13.6. The van der Waals surface area contributed by atoms with E-state index in [0.29, 0.717) is 80.1 Å². The first-order valence-corrected chi connectivity index (χ1v) is 18.1. The van der Waals surface area contributed by atoms with Crippen molar-refractivity contribution in [3.05, 3.63) is 98.4 Å². The fourth-order valence-corrected chi connectivity index (χ4v) is 6.97. The van der Waals surface area contributed by atoms with E-state index in [1.165, 1.54) is 0 Å². The van der Waals surface area contributed by atoms with Crippen molar-refractivity contribution in [3.8, 4) is 22.8 Å². The minimum absolute atomic E-state index is 0.0735. The van der Waals surface area contributed by atoms with Gasteiger partial charge in [0.15, 0.2) is 0 Å². The Bertz CT molecular complexity index is 1760. The molecule has 10 nitrogen and oxygen atoms in total. The Morgan fingerprint density at radius 1 is 0.860 bits per heavy atom. The summed E-state index contributed by atoms with van der Waals surface area (Å²) in [5, 5.41) is 18.0. The molecule has 4 aromatic rings. The number of methoxy groups -OCH3 is 1. The van der Waals surface area contributed by atoms with Crippen molar-refractivity contribution in [1.29, 1.82) is 0 Å². The normalized spacial score (nSPS) is 15.5. The van der Waals surface area contributed by atoms with Crippen molar-refractivity contribution in [2.45, 2.75) is 57.5 Å². The number of hydrogen-bond donors (Lipinski definition) is 5. The number of hydrogen-bond acceptors (Lipinski definition) is 9. The number of carbonyl (C=O) groups excluding carboxylic acids is 1. The van der Waals surface area contributed by atoms with Gasteiger partial charge >= 0.3 is 0 Å². The number of benzene rings is 2. The Hall–Kier alpha value is -3.48. The van der Waals surface area contributed by atoms with Gasteiger partial charge in [-0.15, -0.1) is 0 Å². The SMILES string of the molecule is COc1nc(COc2cccc(-c3cccc(NC(=O)c4ccc(CNC5CCNCC5)cn4)c3Cl)c2Cl)c(Cl)cc1CNC1CCNCC1. The van der Waals surface area contributed by atoms with Gasteiger partial charge in [0.1, 0.15) is 23.7 Å². The first-order valence-electron chi connectivity index (χ1n) is 17.0. The second-order valence-electron chi connectivity index (χ2n) is 12.5. The lowest BCUT2D eigenvalue weighted by Gasteiger charge is -2.24. The zero-order valence-electron chi connectivity index (χ0n) is 28.0. The number of anilines is 1. The Labute approximate surface area is 308 Å². The van der Waals surface area contributed by atoms with Gasteiger partial charge in [-0.25, -0.2) is 4.98 Å². The molecule has 6 rings (SSSR count). The van der Waals surface area contributed by atoms with Crippen LogP contribution in [0.15, 0.2) is 60.8 Å². The average Bonchev–Trinajstić information content (AvgIpc) is 3.15. The smallest absolute Gasteiger partial charge is 0.274 e. The molecule has 1 amide bonds. The molecule has 2 aliphatic heterocycles. The van der Waals surface area contributed by atoms with Gasteiger partial charge < -0.3 is 36.1 Å². The molecule has 2 aromatic heterocycles. The van der Waals surface area contributed by atoms with Crippen LogP contribution in [0.25, 0.3) is 11.1 Å². The first-order chi connectivity index (χ1) is 24.4. The van der Waals surface area contributed by atoms with Crippen LogP contribution >= 0.6 is 34.8 Å². The Morgan fingerprint density at radius 2 is 1.52 bits per heavy atom. The van der Waals surface area contributed by atoms with Crippen LogP contribution in [-0.4, -0.2) is 61.2 Å². The van der Waals surface area contributed by atoms with Crippen LogP contribution in [0, 0.1) is 0 Å². The van der Waals surface area contributed by atoms with Crippen LogP contribution in [0.1, 0.15) is 53.0 Å². The lowest BCUT2D eigenvalue weighted by atomic mass is 10.0. The number of halogens is 3. The average molecular weight is 739 g/mol. The van der Waals surface area contributed by atoms with E-state index in [4.69, 9.17) is 44.3 Å².